The second kappa shape index (κ2) is 6.74. The van der Waals surface area contributed by atoms with E-state index in [1.165, 1.54) is 5.56 Å². The molecule has 2 heterocycles. The Morgan fingerprint density at radius 1 is 1.10 bits per heavy atom. The van der Waals surface area contributed by atoms with Gasteiger partial charge in [-0.15, -0.1) is 0 Å². The molecule has 0 atom stereocenters. The number of nitrogens with zero attached hydrogens (tertiary/aromatic N) is 2. The second-order valence-electron chi connectivity index (χ2n) is 5.08. The SMILES string of the molecule is O=C(Oc1ccccc1)N1CCN(Cc2ccsc2)CC1. The first-order chi connectivity index (χ1) is 10.3. The van der Waals surface area contributed by atoms with Crippen LogP contribution in [0.15, 0.2) is 47.2 Å². The number of carbonyl (C=O) groups is 1. The minimum atomic E-state index is -0.253. The average Bonchev–Trinajstić information content (AvgIpc) is 3.02. The molecule has 1 fully saturated rings. The first-order valence-corrected chi connectivity index (χ1v) is 8.01. The fourth-order valence-corrected chi connectivity index (χ4v) is 3.04. The molecule has 0 spiro atoms. The Kier molecular flexibility index (Phi) is 4.52. The molecule has 0 aliphatic carbocycles. The third kappa shape index (κ3) is 3.83. The highest BCUT2D eigenvalue weighted by Gasteiger charge is 2.22. The van der Waals surface area contributed by atoms with Gasteiger partial charge >= 0.3 is 6.09 Å². The van der Waals surface area contributed by atoms with Gasteiger partial charge in [0.15, 0.2) is 0 Å². The Hall–Kier alpha value is -1.85. The lowest BCUT2D eigenvalue weighted by atomic mass is 10.2. The summed E-state index contributed by atoms with van der Waals surface area (Å²) >= 11 is 1.72. The van der Waals surface area contributed by atoms with Crippen LogP contribution in [0.25, 0.3) is 0 Å². The highest BCUT2D eigenvalue weighted by molar-refractivity contribution is 7.07. The number of hydrogen-bond acceptors (Lipinski definition) is 4. The number of amides is 1. The van der Waals surface area contributed by atoms with Gasteiger partial charge in [-0.05, 0) is 34.5 Å². The molecule has 21 heavy (non-hydrogen) atoms. The summed E-state index contributed by atoms with van der Waals surface area (Å²) in [7, 11) is 0. The molecule has 1 saturated heterocycles. The summed E-state index contributed by atoms with van der Waals surface area (Å²) in [6.07, 6.45) is -0.253. The molecule has 0 radical (unpaired) electrons. The van der Waals surface area contributed by atoms with Crippen LogP contribution in [0.5, 0.6) is 5.75 Å². The molecule has 1 aliphatic heterocycles. The van der Waals surface area contributed by atoms with Crippen molar-refractivity contribution in [3.63, 3.8) is 0 Å². The zero-order chi connectivity index (χ0) is 14.5. The molecule has 110 valence electrons. The monoisotopic (exact) mass is 302 g/mol. The van der Waals surface area contributed by atoms with E-state index in [2.05, 4.69) is 21.7 Å². The van der Waals surface area contributed by atoms with Crippen molar-refractivity contribution < 1.29 is 9.53 Å². The molecular formula is C16H18N2O2S. The summed E-state index contributed by atoms with van der Waals surface area (Å²) in [5, 5.41) is 4.28. The summed E-state index contributed by atoms with van der Waals surface area (Å²) in [6.45, 7) is 4.18. The number of rotatable bonds is 3. The average molecular weight is 302 g/mol. The molecule has 0 N–H and O–H groups in total. The molecule has 0 bridgehead atoms. The van der Waals surface area contributed by atoms with E-state index in [4.69, 9.17) is 4.74 Å². The third-order valence-corrected chi connectivity index (χ3v) is 4.30. The van der Waals surface area contributed by atoms with Crippen LogP contribution in [0, 0.1) is 0 Å². The van der Waals surface area contributed by atoms with E-state index in [0.29, 0.717) is 5.75 Å². The largest absolute Gasteiger partial charge is 0.415 e. The molecule has 0 unspecified atom stereocenters. The highest BCUT2D eigenvalue weighted by atomic mass is 32.1. The number of para-hydroxylation sites is 1. The zero-order valence-corrected chi connectivity index (χ0v) is 12.6. The maximum atomic E-state index is 12.1. The van der Waals surface area contributed by atoms with Crippen molar-refractivity contribution >= 4 is 17.4 Å². The molecule has 1 aromatic carbocycles. The minimum Gasteiger partial charge on any atom is -0.410 e. The van der Waals surface area contributed by atoms with Crippen LogP contribution in [0.2, 0.25) is 0 Å². The van der Waals surface area contributed by atoms with Crippen LogP contribution < -0.4 is 4.74 Å². The van der Waals surface area contributed by atoms with Gasteiger partial charge in [-0.3, -0.25) is 4.90 Å². The van der Waals surface area contributed by atoms with Gasteiger partial charge in [-0.1, -0.05) is 18.2 Å². The number of piperazine rings is 1. The Bertz CT molecular complexity index is 563. The fraction of sp³-hybridized carbons (Fsp3) is 0.312. The van der Waals surface area contributed by atoms with Gasteiger partial charge in [-0.25, -0.2) is 4.79 Å². The van der Waals surface area contributed by atoms with Crippen LogP contribution >= 0.6 is 11.3 Å². The number of thiophene rings is 1. The fourth-order valence-electron chi connectivity index (χ4n) is 2.38. The van der Waals surface area contributed by atoms with Crippen LogP contribution in [0.1, 0.15) is 5.56 Å². The number of carbonyl (C=O) groups excluding carboxylic acids is 1. The van der Waals surface area contributed by atoms with E-state index in [-0.39, 0.29) is 6.09 Å². The van der Waals surface area contributed by atoms with Gasteiger partial charge in [0.1, 0.15) is 5.75 Å². The lowest BCUT2D eigenvalue weighted by molar-refractivity contribution is 0.108. The number of ether oxygens (including phenoxy) is 1. The van der Waals surface area contributed by atoms with Crippen molar-refractivity contribution in [3.8, 4) is 5.75 Å². The van der Waals surface area contributed by atoms with Crippen molar-refractivity contribution in [2.45, 2.75) is 6.54 Å². The molecule has 1 aliphatic rings. The Balaban J connectivity index is 1.48. The topological polar surface area (TPSA) is 32.8 Å². The molecule has 1 amide bonds. The van der Waals surface area contributed by atoms with Gasteiger partial charge in [0.25, 0.3) is 0 Å². The first kappa shape index (κ1) is 14.1. The number of benzene rings is 1. The van der Waals surface area contributed by atoms with Crippen molar-refractivity contribution in [2.24, 2.45) is 0 Å². The van der Waals surface area contributed by atoms with Crippen molar-refractivity contribution in [1.29, 1.82) is 0 Å². The van der Waals surface area contributed by atoms with E-state index in [0.717, 1.165) is 32.7 Å². The molecule has 3 rings (SSSR count). The quantitative estimate of drug-likeness (QED) is 0.873. The van der Waals surface area contributed by atoms with Gasteiger partial charge in [-0.2, -0.15) is 11.3 Å². The van der Waals surface area contributed by atoms with E-state index in [1.807, 2.05) is 18.2 Å². The summed E-state index contributed by atoms with van der Waals surface area (Å²) in [6, 6.07) is 11.4. The van der Waals surface area contributed by atoms with Crippen LogP contribution in [-0.4, -0.2) is 42.1 Å². The predicted octanol–water partition coefficient (Wildman–Crippen LogP) is 3.06. The summed E-state index contributed by atoms with van der Waals surface area (Å²) < 4.78 is 5.37. The summed E-state index contributed by atoms with van der Waals surface area (Å²) in [4.78, 5) is 16.2. The van der Waals surface area contributed by atoms with Crippen molar-refractivity contribution in [3.05, 3.63) is 52.7 Å². The van der Waals surface area contributed by atoms with Gasteiger partial charge in [0, 0.05) is 32.7 Å². The summed E-state index contributed by atoms with van der Waals surface area (Å²) in [5.41, 5.74) is 1.35. The van der Waals surface area contributed by atoms with Crippen LogP contribution in [0.4, 0.5) is 4.79 Å². The Labute approximate surface area is 128 Å². The van der Waals surface area contributed by atoms with E-state index in [9.17, 15) is 4.79 Å². The summed E-state index contributed by atoms with van der Waals surface area (Å²) in [5.74, 6) is 0.600. The third-order valence-electron chi connectivity index (χ3n) is 3.57. The molecule has 1 aromatic heterocycles. The minimum absolute atomic E-state index is 0.253. The smallest absolute Gasteiger partial charge is 0.410 e. The maximum absolute atomic E-state index is 12.1. The van der Waals surface area contributed by atoms with Crippen LogP contribution in [0.3, 0.4) is 0 Å². The van der Waals surface area contributed by atoms with Crippen molar-refractivity contribution in [1.82, 2.24) is 9.80 Å². The maximum Gasteiger partial charge on any atom is 0.415 e. The number of hydrogen-bond donors (Lipinski definition) is 0. The van der Waals surface area contributed by atoms with Crippen molar-refractivity contribution in [2.75, 3.05) is 26.2 Å². The molecule has 2 aromatic rings. The van der Waals surface area contributed by atoms with E-state index >= 15 is 0 Å². The van der Waals surface area contributed by atoms with Crippen LogP contribution in [-0.2, 0) is 6.54 Å². The molecule has 5 heteroatoms. The first-order valence-electron chi connectivity index (χ1n) is 7.06. The lowest BCUT2D eigenvalue weighted by Gasteiger charge is -2.33. The molecular weight excluding hydrogens is 284 g/mol. The van der Waals surface area contributed by atoms with Gasteiger partial charge in [0.05, 0.1) is 0 Å². The molecule has 0 saturated carbocycles. The predicted molar refractivity (Wildman–Crippen MR) is 83.6 cm³/mol. The standard InChI is InChI=1S/C16H18N2O2S/c19-16(20-15-4-2-1-3-5-15)18-9-7-17(8-10-18)12-14-6-11-21-13-14/h1-6,11,13H,7-10,12H2. The van der Waals surface area contributed by atoms with Gasteiger partial charge in [0.2, 0.25) is 0 Å². The normalized spacial score (nSPS) is 15.9. The molecule has 4 nitrogen and oxygen atoms in total. The zero-order valence-electron chi connectivity index (χ0n) is 11.8. The van der Waals surface area contributed by atoms with Gasteiger partial charge < -0.3 is 9.64 Å². The highest BCUT2D eigenvalue weighted by Crippen LogP contribution is 2.14. The van der Waals surface area contributed by atoms with E-state index < -0.39 is 0 Å². The van der Waals surface area contributed by atoms with E-state index in [1.54, 1.807) is 28.4 Å². The lowest BCUT2D eigenvalue weighted by Crippen LogP contribution is -2.49. The Morgan fingerprint density at radius 3 is 2.52 bits per heavy atom. The Morgan fingerprint density at radius 2 is 1.86 bits per heavy atom. The second-order valence-corrected chi connectivity index (χ2v) is 5.86.